The first kappa shape index (κ1) is 20.5. The predicted molar refractivity (Wildman–Crippen MR) is 126 cm³/mol. The maximum Gasteiger partial charge on any atom is 0.268 e. The molecule has 0 saturated carbocycles. The van der Waals surface area contributed by atoms with Crippen LogP contribution < -0.4 is 10.6 Å². The molecule has 5 rings (SSSR count). The molecular weight excluding hydrogens is 456 g/mol. The second kappa shape index (κ2) is 8.63. The maximum absolute atomic E-state index is 13.0. The van der Waals surface area contributed by atoms with Gasteiger partial charge in [-0.15, -0.1) is 0 Å². The van der Waals surface area contributed by atoms with Gasteiger partial charge in [0.1, 0.15) is 5.69 Å². The normalized spacial score (nSPS) is 19.4. The zero-order chi connectivity index (χ0) is 21.4. The minimum Gasteiger partial charge on any atom is -0.351 e. The highest BCUT2D eigenvalue weighted by molar-refractivity contribution is 9.10. The average molecular weight is 483 g/mol. The smallest absolute Gasteiger partial charge is 0.268 e. The van der Waals surface area contributed by atoms with Crippen molar-refractivity contribution in [1.29, 1.82) is 0 Å². The molecule has 162 valence electrons. The first-order chi connectivity index (χ1) is 15.1. The van der Waals surface area contributed by atoms with Gasteiger partial charge in [0.05, 0.1) is 5.57 Å². The van der Waals surface area contributed by atoms with Gasteiger partial charge in [0.2, 0.25) is 0 Å². The van der Waals surface area contributed by atoms with E-state index >= 15 is 0 Å². The molecule has 0 atom stereocenters. The lowest BCUT2D eigenvalue weighted by Crippen LogP contribution is -2.34. The summed E-state index contributed by atoms with van der Waals surface area (Å²) in [6.45, 7) is 3.82. The molecule has 0 spiro atoms. The number of nitrogens with one attached hydrogen (secondary N) is 3. The predicted octanol–water partition coefficient (Wildman–Crippen LogP) is 3.97. The largest absolute Gasteiger partial charge is 0.351 e. The zero-order valence-electron chi connectivity index (χ0n) is 17.5. The summed E-state index contributed by atoms with van der Waals surface area (Å²) >= 11 is 3.50. The Balaban J connectivity index is 1.42. The Bertz CT molecular complexity index is 1070. The van der Waals surface area contributed by atoms with E-state index in [4.69, 9.17) is 0 Å². The quantitative estimate of drug-likeness (QED) is 0.564. The zero-order valence-corrected chi connectivity index (χ0v) is 19.1. The molecule has 1 aromatic heterocycles. The Hall–Kier alpha value is -2.38. The molecule has 2 aliphatic heterocycles. The molecule has 3 aliphatic rings. The van der Waals surface area contributed by atoms with Crippen molar-refractivity contribution in [2.75, 3.05) is 31.5 Å². The number of likely N-dealkylation sites (tertiary alicyclic amines) is 1. The first-order valence-corrected chi connectivity index (χ1v) is 12.0. The lowest BCUT2D eigenvalue weighted by Gasteiger charge is -2.15. The number of hydrogen-bond acceptors (Lipinski definition) is 3. The van der Waals surface area contributed by atoms with Crippen LogP contribution in [-0.4, -0.2) is 47.9 Å². The Kier molecular flexibility index (Phi) is 5.71. The van der Waals surface area contributed by atoms with E-state index in [1.807, 2.05) is 24.3 Å². The molecule has 1 aliphatic carbocycles. The summed E-state index contributed by atoms with van der Waals surface area (Å²) in [6.07, 6.45) is 8.44. The number of hydrogen-bond donors (Lipinski definition) is 3. The lowest BCUT2D eigenvalue weighted by molar-refractivity contribution is -0.110. The molecule has 3 N–H and O–H groups in total. The third-order valence-electron chi connectivity index (χ3n) is 6.55. The van der Waals surface area contributed by atoms with Gasteiger partial charge in [-0.1, -0.05) is 15.9 Å². The molecule has 0 bridgehead atoms. The van der Waals surface area contributed by atoms with E-state index in [1.54, 1.807) is 0 Å². The lowest BCUT2D eigenvalue weighted by atomic mass is 9.91. The van der Waals surface area contributed by atoms with E-state index in [1.165, 1.54) is 18.4 Å². The Labute approximate surface area is 190 Å². The van der Waals surface area contributed by atoms with Crippen LogP contribution in [0.25, 0.3) is 11.6 Å². The number of nitrogens with zero attached hydrogens (tertiary/aromatic N) is 1. The summed E-state index contributed by atoms with van der Waals surface area (Å²) in [5.74, 6) is -0.148. The second-order valence-corrected chi connectivity index (χ2v) is 9.50. The van der Waals surface area contributed by atoms with Gasteiger partial charge in [-0.2, -0.15) is 0 Å². The van der Waals surface area contributed by atoms with E-state index in [0.717, 1.165) is 72.3 Å². The molecular formula is C24H27BrN4O2. The number of fused-ring (bicyclic) bond motifs is 2. The van der Waals surface area contributed by atoms with E-state index in [2.05, 4.69) is 36.4 Å². The van der Waals surface area contributed by atoms with E-state index < -0.39 is 0 Å². The molecule has 1 fully saturated rings. The number of halogens is 1. The number of amides is 2. The topological polar surface area (TPSA) is 77.2 Å². The maximum atomic E-state index is 13.0. The third kappa shape index (κ3) is 4.08. The van der Waals surface area contributed by atoms with Gasteiger partial charge in [0, 0.05) is 34.5 Å². The number of rotatable bonds is 5. The molecule has 2 aromatic rings. The van der Waals surface area contributed by atoms with Crippen LogP contribution in [-0.2, 0) is 17.6 Å². The standard InChI is InChI=1S/C24H27BrN4O2/c25-15-7-8-20-18(13-15)19(23(30)28-20)14-21-16-5-1-2-6-17(16)22(27-21)24(31)26-9-12-29-10-3-4-11-29/h7-8,13-14,27H,1-6,9-12H2,(H,26,31)(H,28,30)/b19-14-. The summed E-state index contributed by atoms with van der Waals surface area (Å²) in [7, 11) is 0. The van der Waals surface area contributed by atoms with Gasteiger partial charge in [0.25, 0.3) is 11.8 Å². The minimum atomic E-state index is -0.108. The van der Waals surface area contributed by atoms with Crippen LogP contribution in [0.15, 0.2) is 22.7 Å². The molecule has 0 unspecified atom stereocenters. The highest BCUT2D eigenvalue weighted by Crippen LogP contribution is 2.37. The van der Waals surface area contributed by atoms with E-state index in [-0.39, 0.29) is 11.8 Å². The number of H-pyrrole nitrogens is 1. The van der Waals surface area contributed by atoms with Crippen molar-refractivity contribution in [1.82, 2.24) is 15.2 Å². The monoisotopic (exact) mass is 482 g/mol. The average Bonchev–Trinajstić information content (AvgIpc) is 3.48. The fraction of sp³-hybridized carbons (Fsp3) is 0.417. The van der Waals surface area contributed by atoms with Crippen LogP contribution in [0.4, 0.5) is 5.69 Å². The van der Waals surface area contributed by atoms with Gasteiger partial charge in [-0.05, 0) is 87.0 Å². The minimum absolute atomic E-state index is 0.0407. The van der Waals surface area contributed by atoms with Crippen molar-refractivity contribution in [2.24, 2.45) is 0 Å². The molecule has 0 radical (unpaired) electrons. The van der Waals surface area contributed by atoms with Crippen molar-refractivity contribution < 1.29 is 9.59 Å². The van der Waals surface area contributed by atoms with Crippen LogP contribution in [0.5, 0.6) is 0 Å². The number of carbonyl (C=O) groups excluding carboxylic acids is 2. The van der Waals surface area contributed by atoms with Crippen molar-refractivity contribution in [3.05, 3.63) is 50.8 Å². The summed E-state index contributed by atoms with van der Waals surface area (Å²) in [5, 5.41) is 6.03. The van der Waals surface area contributed by atoms with Crippen LogP contribution in [0, 0.1) is 0 Å². The van der Waals surface area contributed by atoms with Crippen LogP contribution in [0.1, 0.15) is 58.6 Å². The fourth-order valence-corrected chi connectivity index (χ4v) is 5.31. The molecule has 7 heteroatoms. The fourth-order valence-electron chi connectivity index (χ4n) is 4.95. The number of aromatic amines is 1. The number of benzene rings is 1. The van der Waals surface area contributed by atoms with Crippen molar-refractivity contribution in [3.63, 3.8) is 0 Å². The first-order valence-electron chi connectivity index (χ1n) is 11.2. The molecule has 2 amide bonds. The van der Waals surface area contributed by atoms with Crippen LogP contribution in [0.3, 0.4) is 0 Å². The highest BCUT2D eigenvalue weighted by Gasteiger charge is 2.28. The molecule has 1 saturated heterocycles. The number of carbonyl (C=O) groups is 2. The highest BCUT2D eigenvalue weighted by atomic mass is 79.9. The van der Waals surface area contributed by atoms with E-state index in [9.17, 15) is 9.59 Å². The second-order valence-electron chi connectivity index (χ2n) is 8.58. The van der Waals surface area contributed by atoms with Gasteiger partial charge < -0.3 is 20.5 Å². The van der Waals surface area contributed by atoms with Gasteiger partial charge in [-0.3, -0.25) is 9.59 Å². The molecule has 3 heterocycles. The summed E-state index contributed by atoms with van der Waals surface area (Å²) in [5.41, 5.74) is 6.18. The van der Waals surface area contributed by atoms with Gasteiger partial charge in [0.15, 0.2) is 0 Å². The van der Waals surface area contributed by atoms with E-state index in [0.29, 0.717) is 17.8 Å². The SMILES string of the molecule is O=C1Nc2ccc(Br)cc2/C1=C/c1[nH]c(C(=O)NCCN2CCCC2)c2c1CCCC2. The molecule has 1 aromatic carbocycles. The summed E-state index contributed by atoms with van der Waals surface area (Å²) in [6, 6.07) is 5.78. The third-order valence-corrected chi connectivity index (χ3v) is 7.04. The molecule has 31 heavy (non-hydrogen) atoms. The summed E-state index contributed by atoms with van der Waals surface area (Å²) < 4.78 is 0.931. The number of aromatic nitrogens is 1. The Morgan fingerprint density at radius 1 is 1.13 bits per heavy atom. The number of anilines is 1. The van der Waals surface area contributed by atoms with Crippen molar-refractivity contribution >= 4 is 45.1 Å². The Morgan fingerprint density at radius 3 is 2.71 bits per heavy atom. The molecule has 6 nitrogen and oxygen atoms in total. The van der Waals surface area contributed by atoms with Crippen LogP contribution >= 0.6 is 15.9 Å². The van der Waals surface area contributed by atoms with Gasteiger partial charge >= 0.3 is 0 Å². The van der Waals surface area contributed by atoms with Crippen molar-refractivity contribution in [2.45, 2.75) is 38.5 Å². The van der Waals surface area contributed by atoms with Gasteiger partial charge in [-0.25, -0.2) is 0 Å². The van der Waals surface area contributed by atoms with Crippen LogP contribution in [0.2, 0.25) is 0 Å². The van der Waals surface area contributed by atoms with Crippen molar-refractivity contribution in [3.8, 4) is 0 Å². The summed E-state index contributed by atoms with van der Waals surface area (Å²) in [4.78, 5) is 31.4. The Morgan fingerprint density at radius 2 is 1.90 bits per heavy atom.